The van der Waals surface area contributed by atoms with Crippen LogP contribution in [0.2, 0.25) is 0 Å². The SMILES string of the molecule is CCOC(=O)N1CCC(C(=O)NC2(C(=O)O)CCCCC2)CC1.CCOC(=O)N1CCC(C(=O)NC2(C(=O)OC)CCCCC2)CC1. The van der Waals surface area contributed by atoms with Crippen molar-refractivity contribution in [1.29, 1.82) is 0 Å². The highest BCUT2D eigenvalue weighted by molar-refractivity contribution is 5.89. The highest BCUT2D eigenvalue weighted by Gasteiger charge is 2.44. The predicted octanol–water partition coefficient (Wildman–Crippen LogP) is 3.61. The van der Waals surface area contributed by atoms with Crippen molar-refractivity contribution in [2.24, 2.45) is 11.8 Å². The van der Waals surface area contributed by atoms with Gasteiger partial charge in [0.2, 0.25) is 11.8 Å². The molecule has 14 nitrogen and oxygen atoms in total. The Morgan fingerprint density at radius 1 is 0.638 bits per heavy atom. The lowest BCUT2D eigenvalue weighted by Crippen LogP contribution is -2.58. The van der Waals surface area contributed by atoms with Crippen molar-refractivity contribution in [2.45, 2.75) is 115 Å². The van der Waals surface area contributed by atoms with Crippen LogP contribution >= 0.6 is 0 Å². The number of ether oxygens (including phenoxy) is 3. The molecule has 2 heterocycles. The summed E-state index contributed by atoms with van der Waals surface area (Å²) in [5, 5.41) is 15.3. The second-order valence-corrected chi connectivity index (χ2v) is 13.0. The van der Waals surface area contributed by atoms with E-state index in [1.165, 1.54) is 7.11 Å². The van der Waals surface area contributed by atoms with E-state index in [9.17, 15) is 33.9 Å². The number of aliphatic carboxylic acids is 1. The van der Waals surface area contributed by atoms with Crippen molar-refractivity contribution in [3.63, 3.8) is 0 Å². The number of methoxy groups -OCH3 is 1. The van der Waals surface area contributed by atoms with Crippen molar-refractivity contribution >= 4 is 35.9 Å². The predicted molar refractivity (Wildman–Crippen MR) is 170 cm³/mol. The lowest BCUT2D eigenvalue weighted by Gasteiger charge is -2.37. The molecular formula is C33H54N4O10. The molecule has 4 amide bonds. The summed E-state index contributed by atoms with van der Waals surface area (Å²) in [6, 6.07) is 0. The summed E-state index contributed by atoms with van der Waals surface area (Å²) < 4.78 is 14.9. The molecule has 14 heteroatoms. The van der Waals surface area contributed by atoms with Gasteiger partial charge in [-0.25, -0.2) is 19.2 Å². The molecule has 266 valence electrons. The summed E-state index contributed by atoms with van der Waals surface area (Å²) in [5.74, 6) is -2.00. The standard InChI is InChI=1S/C17H28N2O5.C16H26N2O5/c1-3-24-16(22)19-11-7-13(8-12-19)14(20)18-17(15(21)23-2)9-5-4-6-10-17;1-2-23-15(22)18-10-6-12(7-11-18)13(19)17-16(14(20)21)8-4-3-5-9-16/h13H,3-12H2,1-2H3,(H,18,20);12H,2-11H2,1H3,(H,17,19)(H,20,21). The Kier molecular flexibility index (Phi) is 14.6. The van der Waals surface area contributed by atoms with Gasteiger partial charge in [-0.3, -0.25) is 9.59 Å². The van der Waals surface area contributed by atoms with Gasteiger partial charge in [-0.15, -0.1) is 0 Å². The molecular weight excluding hydrogens is 612 g/mol. The number of amides is 4. The Hall–Kier alpha value is -3.58. The molecule has 0 aromatic rings. The van der Waals surface area contributed by atoms with Crippen LogP contribution in [0.3, 0.4) is 0 Å². The van der Waals surface area contributed by atoms with Crippen LogP contribution in [0.4, 0.5) is 9.59 Å². The van der Waals surface area contributed by atoms with Crippen molar-refractivity contribution in [3.8, 4) is 0 Å². The van der Waals surface area contributed by atoms with Gasteiger partial charge in [0.15, 0.2) is 0 Å². The number of hydrogen-bond donors (Lipinski definition) is 3. The van der Waals surface area contributed by atoms with Gasteiger partial charge < -0.3 is 39.8 Å². The van der Waals surface area contributed by atoms with Gasteiger partial charge in [0.25, 0.3) is 0 Å². The molecule has 0 aromatic carbocycles. The van der Waals surface area contributed by atoms with Crippen LogP contribution in [-0.4, -0.2) is 108 Å². The molecule has 0 atom stereocenters. The van der Waals surface area contributed by atoms with Gasteiger partial charge in [0.1, 0.15) is 11.1 Å². The number of carbonyl (C=O) groups excluding carboxylic acids is 5. The monoisotopic (exact) mass is 666 g/mol. The molecule has 3 N–H and O–H groups in total. The molecule has 4 fully saturated rings. The number of piperidine rings is 2. The number of carbonyl (C=O) groups is 6. The fraction of sp³-hybridized carbons (Fsp3) is 0.818. The maximum absolute atomic E-state index is 12.6. The highest BCUT2D eigenvalue weighted by atomic mass is 16.6. The van der Waals surface area contributed by atoms with Crippen molar-refractivity contribution in [1.82, 2.24) is 20.4 Å². The van der Waals surface area contributed by atoms with Crippen LogP contribution in [-0.2, 0) is 33.4 Å². The third-order valence-electron chi connectivity index (χ3n) is 9.91. The van der Waals surface area contributed by atoms with Gasteiger partial charge in [-0.05, 0) is 65.2 Å². The lowest BCUT2D eigenvalue weighted by atomic mass is 9.81. The zero-order chi connectivity index (χ0) is 34.5. The van der Waals surface area contributed by atoms with E-state index >= 15 is 0 Å². The number of esters is 1. The molecule has 2 aliphatic carbocycles. The van der Waals surface area contributed by atoms with Crippen molar-refractivity contribution in [3.05, 3.63) is 0 Å². The van der Waals surface area contributed by atoms with Crippen LogP contribution in [0.5, 0.6) is 0 Å². The van der Waals surface area contributed by atoms with Crippen molar-refractivity contribution in [2.75, 3.05) is 46.5 Å². The molecule has 4 aliphatic rings. The molecule has 2 saturated carbocycles. The Morgan fingerprint density at radius 2 is 1.00 bits per heavy atom. The Labute approximate surface area is 277 Å². The average Bonchev–Trinajstić information content (AvgIpc) is 3.09. The Bertz CT molecular complexity index is 1090. The van der Waals surface area contributed by atoms with E-state index in [0.29, 0.717) is 90.8 Å². The zero-order valence-corrected chi connectivity index (χ0v) is 28.3. The molecule has 4 rings (SSSR count). The topological polar surface area (TPSA) is 181 Å². The molecule has 0 spiro atoms. The Morgan fingerprint density at radius 3 is 1.34 bits per heavy atom. The second kappa shape index (κ2) is 18.1. The van der Waals surface area contributed by atoms with E-state index in [4.69, 9.17) is 14.2 Å². The summed E-state index contributed by atoms with van der Waals surface area (Å²) in [7, 11) is 1.36. The molecule has 2 saturated heterocycles. The van der Waals surface area contributed by atoms with E-state index < -0.39 is 17.0 Å². The van der Waals surface area contributed by atoms with Crippen LogP contribution < -0.4 is 10.6 Å². The normalized spacial score (nSPS) is 21.3. The first-order valence-electron chi connectivity index (χ1n) is 17.3. The number of hydrogen-bond acceptors (Lipinski definition) is 9. The smallest absolute Gasteiger partial charge is 0.409 e. The lowest BCUT2D eigenvalue weighted by molar-refractivity contribution is -0.153. The van der Waals surface area contributed by atoms with Gasteiger partial charge in [-0.1, -0.05) is 38.5 Å². The van der Waals surface area contributed by atoms with Gasteiger partial charge >= 0.3 is 24.1 Å². The minimum Gasteiger partial charge on any atom is -0.480 e. The number of likely N-dealkylation sites (tertiary alicyclic amines) is 2. The summed E-state index contributed by atoms with van der Waals surface area (Å²) in [4.78, 5) is 75.5. The third kappa shape index (κ3) is 10.2. The zero-order valence-electron chi connectivity index (χ0n) is 28.3. The molecule has 2 aliphatic heterocycles. The van der Waals surface area contributed by atoms with Crippen LogP contribution in [0.1, 0.15) is 104 Å². The summed E-state index contributed by atoms with van der Waals surface area (Å²) in [6.45, 7) is 6.15. The van der Waals surface area contributed by atoms with Crippen LogP contribution in [0.15, 0.2) is 0 Å². The van der Waals surface area contributed by atoms with E-state index in [1.807, 2.05) is 0 Å². The minimum atomic E-state index is -1.10. The van der Waals surface area contributed by atoms with Crippen LogP contribution in [0, 0.1) is 11.8 Å². The average molecular weight is 667 g/mol. The maximum atomic E-state index is 12.6. The molecule has 0 bridgehead atoms. The molecule has 0 aromatic heterocycles. The van der Waals surface area contributed by atoms with Crippen molar-refractivity contribution < 1.29 is 48.1 Å². The summed E-state index contributed by atoms with van der Waals surface area (Å²) in [6.07, 6.45) is 9.41. The van der Waals surface area contributed by atoms with Crippen LogP contribution in [0.25, 0.3) is 0 Å². The van der Waals surface area contributed by atoms with E-state index in [1.54, 1.807) is 23.6 Å². The number of nitrogens with one attached hydrogen (secondary N) is 2. The highest BCUT2D eigenvalue weighted by Crippen LogP contribution is 2.31. The van der Waals surface area contributed by atoms with Gasteiger partial charge in [0.05, 0.1) is 20.3 Å². The quantitative estimate of drug-likeness (QED) is 0.256. The van der Waals surface area contributed by atoms with E-state index in [-0.39, 0.29) is 41.8 Å². The first-order valence-corrected chi connectivity index (χ1v) is 17.3. The minimum absolute atomic E-state index is 0.106. The van der Waals surface area contributed by atoms with E-state index in [2.05, 4.69) is 10.6 Å². The second-order valence-electron chi connectivity index (χ2n) is 13.0. The fourth-order valence-electron chi connectivity index (χ4n) is 7.03. The first kappa shape index (κ1) is 37.9. The number of carboxylic acid groups (broad SMARTS) is 1. The largest absolute Gasteiger partial charge is 0.480 e. The number of rotatable bonds is 8. The molecule has 0 radical (unpaired) electrons. The maximum Gasteiger partial charge on any atom is 0.409 e. The summed E-state index contributed by atoms with van der Waals surface area (Å²) in [5.41, 5.74) is -1.98. The molecule has 47 heavy (non-hydrogen) atoms. The molecule has 0 unspecified atom stereocenters. The van der Waals surface area contributed by atoms with Gasteiger partial charge in [-0.2, -0.15) is 0 Å². The summed E-state index contributed by atoms with van der Waals surface area (Å²) >= 11 is 0. The Balaban J connectivity index is 0.000000256. The number of carboxylic acids is 1. The van der Waals surface area contributed by atoms with Gasteiger partial charge in [0, 0.05) is 38.0 Å². The first-order chi connectivity index (χ1) is 22.5. The fourth-order valence-corrected chi connectivity index (χ4v) is 7.03. The third-order valence-corrected chi connectivity index (χ3v) is 9.91. The number of nitrogens with zero attached hydrogens (tertiary/aromatic N) is 2. The van der Waals surface area contributed by atoms with E-state index in [0.717, 1.165) is 38.5 Å².